The third-order valence-electron chi connectivity index (χ3n) is 7.82. The molecule has 0 spiro atoms. The molecule has 0 saturated carbocycles. The summed E-state index contributed by atoms with van der Waals surface area (Å²) in [5, 5.41) is 11.0. The molecule has 0 aliphatic carbocycles. The number of methoxy groups -OCH3 is 3. The Hall–Kier alpha value is -4.85. The van der Waals surface area contributed by atoms with Crippen molar-refractivity contribution < 1.29 is 42.9 Å². The first kappa shape index (κ1) is 37.6. The number of rotatable bonds is 9. The molecule has 262 valence electrons. The van der Waals surface area contributed by atoms with Crippen molar-refractivity contribution in [2.75, 3.05) is 42.0 Å². The number of ether oxygens (including phenoxy) is 4. The summed E-state index contributed by atoms with van der Waals surface area (Å²) in [6, 6.07) is 6.31. The average Bonchev–Trinajstić information content (AvgIpc) is 3.04. The minimum absolute atomic E-state index is 0.103. The van der Waals surface area contributed by atoms with E-state index in [4.69, 9.17) is 18.9 Å². The standard InChI is InChI=1S/C34H47N5O9/c1-19-29(40)38-25(32(43)47-9)17-20-10-12-26(45-7)22(16-20)23-18-21(11-13-27(23)46-8)28(30(41)37-19)39(6)31(42)24(35-5)14-15-36-33(44)48-34(2,3)4/h10-13,16,18-19,24-25,28,35H,14-15,17H2,1-9H3,(H,36,44)(H,37,41)(H,38,40)/t19-,24-,25-,28-/m0/s1. The van der Waals surface area contributed by atoms with Gasteiger partial charge in [-0.3, -0.25) is 14.4 Å². The SMILES string of the molecule is CN[C@@H](CCNC(=O)OC(C)(C)C)C(=O)N(C)[C@@H]1C(=O)N[C@@H](C)C(=O)N[C@H](C(=O)OC)Cc2ccc(OC)c(c2)-c2cc1ccc2OC. The fourth-order valence-electron chi connectivity index (χ4n) is 5.37. The number of nitrogens with one attached hydrogen (secondary N) is 4. The number of esters is 1. The molecule has 0 saturated heterocycles. The normalized spacial score (nSPS) is 18.6. The largest absolute Gasteiger partial charge is 0.496 e. The van der Waals surface area contributed by atoms with Crippen LogP contribution in [0.15, 0.2) is 36.4 Å². The quantitative estimate of drug-likeness (QED) is 0.290. The summed E-state index contributed by atoms with van der Waals surface area (Å²) >= 11 is 0. The molecule has 0 radical (unpaired) electrons. The van der Waals surface area contributed by atoms with E-state index in [0.29, 0.717) is 33.8 Å². The van der Waals surface area contributed by atoms with Crippen molar-refractivity contribution in [3.8, 4) is 22.6 Å². The lowest BCUT2D eigenvalue weighted by molar-refractivity contribution is -0.145. The molecule has 4 N–H and O–H groups in total. The second-order valence-corrected chi connectivity index (χ2v) is 12.4. The number of carbonyl (C=O) groups excluding carboxylic acids is 5. The topological polar surface area (TPSA) is 174 Å². The molecule has 4 atom stereocenters. The number of fused-ring (bicyclic) bond motifs is 5. The number of nitrogens with zero attached hydrogens (tertiary/aromatic N) is 1. The van der Waals surface area contributed by atoms with Gasteiger partial charge in [0.15, 0.2) is 0 Å². The van der Waals surface area contributed by atoms with Gasteiger partial charge in [-0.2, -0.15) is 0 Å². The predicted octanol–water partition coefficient (Wildman–Crippen LogP) is 2.09. The molecule has 1 aliphatic rings. The Labute approximate surface area is 281 Å². The van der Waals surface area contributed by atoms with Crippen LogP contribution >= 0.6 is 0 Å². The molecule has 0 fully saturated rings. The zero-order valence-electron chi connectivity index (χ0n) is 29.0. The van der Waals surface area contributed by atoms with Gasteiger partial charge >= 0.3 is 12.1 Å². The van der Waals surface area contributed by atoms with E-state index in [0.717, 1.165) is 0 Å². The van der Waals surface area contributed by atoms with Gasteiger partial charge in [0, 0.05) is 31.1 Å². The van der Waals surface area contributed by atoms with E-state index in [2.05, 4.69) is 21.3 Å². The lowest BCUT2D eigenvalue weighted by Crippen LogP contribution is -2.54. The molecule has 3 rings (SSSR count). The molecule has 1 aliphatic heterocycles. The van der Waals surface area contributed by atoms with Gasteiger partial charge in [0.1, 0.15) is 35.2 Å². The third-order valence-corrected chi connectivity index (χ3v) is 7.82. The number of benzene rings is 2. The Kier molecular flexibility index (Phi) is 12.8. The van der Waals surface area contributed by atoms with Gasteiger partial charge in [-0.25, -0.2) is 9.59 Å². The summed E-state index contributed by atoms with van der Waals surface area (Å²) in [5.41, 5.74) is 1.62. The van der Waals surface area contributed by atoms with Crippen LogP contribution in [0.4, 0.5) is 4.79 Å². The highest BCUT2D eigenvalue weighted by molar-refractivity contribution is 5.95. The molecule has 0 unspecified atom stereocenters. The maximum absolute atomic E-state index is 14.0. The first-order valence-electron chi connectivity index (χ1n) is 15.6. The molecule has 4 bridgehead atoms. The second kappa shape index (κ2) is 16.3. The third kappa shape index (κ3) is 9.37. The molecule has 14 heteroatoms. The van der Waals surface area contributed by atoms with Crippen LogP contribution in [0, 0.1) is 0 Å². The Morgan fingerprint density at radius 1 is 0.958 bits per heavy atom. The van der Waals surface area contributed by atoms with Gasteiger partial charge in [0.2, 0.25) is 17.7 Å². The van der Waals surface area contributed by atoms with Gasteiger partial charge in [0.05, 0.1) is 27.4 Å². The first-order valence-corrected chi connectivity index (χ1v) is 15.6. The maximum Gasteiger partial charge on any atom is 0.407 e. The van der Waals surface area contributed by atoms with Crippen molar-refractivity contribution in [3.63, 3.8) is 0 Å². The second-order valence-electron chi connectivity index (χ2n) is 12.4. The van der Waals surface area contributed by atoms with Crippen LogP contribution in [0.1, 0.15) is 51.3 Å². The highest BCUT2D eigenvalue weighted by atomic mass is 16.6. The number of alkyl carbamates (subject to hydrolysis) is 1. The minimum atomic E-state index is -1.21. The van der Waals surface area contributed by atoms with E-state index in [-0.39, 0.29) is 19.4 Å². The van der Waals surface area contributed by atoms with Crippen molar-refractivity contribution in [1.82, 2.24) is 26.2 Å². The highest BCUT2D eigenvalue weighted by Gasteiger charge is 2.35. The molecule has 4 amide bonds. The molecule has 48 heavy (non-hydrogen) atoms. The molecule has 2 aromatic carbocycles. The van der Waals surface area contributed by atoms with Crippen LogP contribution in [0.25, 0.3) is 11.1 Å². The van der Waals surface area contributed by atoms with Crippen LogP contribution in [0.3, 0.4) is 0 Å². The molecule has 14 nitrogen and oxygen atoms in total. The fraction of sp³-hybridized carbons (Fsp3) is 0.500. The molecular weight excluding hydrogens is 622 g/mol. The minimum Gasteiger partial charge on any atom is -0.496 e. The van der Waals surface area contributed by atoms with Crippen LogP contribution < -0.4 is 30.7 Å². The smallest absolute Gasteiger partial charge is 0.407 e. The zero-order chi connectivity index (χ0) is 35.8. The summed E-state index contributed by atoms with van der Waals surface area (Å²) in [4.78, 5) is 67.4. The van der Waals surface area contributed by atoms with E-state index in [1.165, 1.54) is 40.2 Å². The number of carbonyl (C=O) groups is 5. The number of hydrogen-bond donors (Lipinski definition) is 4. The van der Waals surface area contributed by atoms with E-state index in [9.17, 15) is 24.0 Å². The van der Waals surface area contributed by atoms with Crippen LogP contribution in [-0.4, -0.2) is 100 Å². The monoisotopic (exact) mass is 669 g/mol. The lowest BCUT2D eigenvalue weighted by atomic mass is 9.93. The predicted molar refractivity (Wildman–Crippen MR) is 177 cm³/mol. The van der Waals surface area contributed by atoms with Crippen molar-refractivity contribution >= 4 is 29.8 Å². The van der Waals surface area contributed by atoms with Gasteiger partial charge in [0.25, 0.3) is 0 Å². The number of likely N-dealkylation sites (N-methyl/N-ethyl adjacent to an activating group) is 2. The van der Waals surface area contributed by atoms with E-state index >= 15 is 0 Å². The Morgan fingerprint density at radius 3 is 2.17 bits per heavy atom. The van der Waals surface area contributed by atoms with E-state index in [1.807, 2.05) is 6.07 Å². The molecule has 1 heterocycles. The lowest BCUT2D eigenvalue weighted by Gasteiger charge is -2.32. The maximum atomic E-state index is 14.0. The van der Waals surface area contributed by atoms with E-state index < -0.39 is 59.6 Å². The van der Waals surface area contributed by atoms with Crippen molar-refractivity contribution in [3.05, 3.63) is 47.5 Å². The number of amides is 4. The number of hydrogen-bond acceptors (Lipinski definition) is 10. The summed E-state index contributed by atoms with van der Waals surface area (Å²) in [6.45, 7) is 6.85. The average molecular weight is 670 g/mol. The van der Waals surface area contributed by atoms with Gasteiger partial charge in [-0.1, -0.05) is 12.1 Å². The van der Waals surface area contributed by atoms with Crippen molar-refractivity contribution in [2.24, 2.45) is 0 Å². The summed E-state index contributed by atoms with van der Waals surface area (Å²) in [6.07, 6.45) is -0.319. The summed E-state index contributed by atoms with van der Waals surface area (Å²) < 4.78 is 21.6. The first-order chi connectivity index (χ1) is 22.6. The summed E-state index contributed by atoms with van der Waals surface area (Å²) in [5.74, 6) is -1.39. The van der Waals surface area contributed by atoms with Gasteiger partial charge < -0.3 is 45.1 Å². The molecule has 0 aromatic heterocycles. The van der Waals surface area contributed by atoms with Crippen molar-refractivity contribution in [2.45, 2.75) is 70.3 Å². The summed E-state index contributed by atoms with van der Waals surface area (Å²) in [7, 11) is 7.35. The van der Waals surface area contributed by atoms with Crippen LogP contribution in [-0.2, 0) is 35.1 Å². The Morgan fingerprint density at radius 2 is 1.58 bits per heavy atom. The fourth-order valence-corrected chi connectivity index (χ4v) is 5.37. The Bertz CT molecular complexity index is 1510. The van der Waals surface area contributed by atoms with Crippen LogP contribution in [0.2, 0.25) is 0 Å². The van der Waals surface area contributed by atoms with Crippen LogP contribution in [0.5, 0.6) is 11.5 Å². The van der Waals surface area contributed by atoms with Gasteiger partial charge in [-0.05, 0) is 76.6 Å². The van der Waals surface area contributed by atoms with E-state index in [1.54, 1.807) is 58.2 Å². The Balaban J connectivity index is 2.10. The molecular formula is C34H47N5O9. The van der Waals surface area contributed by atoms with Crippen molar-refractivity contribution in [1.29, 1.82) is 0 Å². The molecule has 2 aromatic rings. The van der Waals surface area contributed by atoms with Gasteiger partial charge in [-0.15, -0.1) is 0 Å². The zero-order valence-corrected chi connectivity index (χ0v) is 29.0. The highest BCUT2D eigenvalue weighted by Crippen LogP contribution is 2.39.